The first-order valence-corrected chi connectivity index (χ1v) is 2.80. The van der Waals surface area contributed by atoms with Gasteiger partial charge >= 0.3 is 0 Å². The number of hydrogen-bond acceptors (Lipinski definition) is 2. The van der Waals surface area contributed by atoms with E-state index in [0.717, 1.165) is 0 Å². The molecule has 0 amide bonds. The van der Waals surface area contributed by atoms with E-state index in [4.69, 9.17) is 0 Å². The van der Waals surface area contributed by atoms with Gasteiger partial charge in [-0.1, -0.05) is 0 Å². The summed E-state index contributed by atoms with van der Waals surface area (Å²) in [4.78, 5) is 10.0. The molecule has 0 aliphatic rings. The smallest absolute Gasteiger partial charge is 0.299 e. The third kappa shape index (κ3) is 4.20. The number of halogens is 4. The first-order valence-electron chi connectivity index (χ1n) is 2.80. The van der Waals surface area contributed by atoms with Gasteiger partial charge in [-0.05, 0) is 0 Å². The summed E-state index contributed by atoms with van der Waals surface area (Å²) < 4.78 is 47.0. The largest absolute Gasteiger partial charge is 0.328 e. The van der Waals surface area contributed by atoms with Crippen LogP contribution in [0.3, 0.4) is 0 Å². The monoisotopic (exact) mass is 354 g/mol. The molecule has 0 aliphatic carbocycles. The van der Waals surface area contributed by atoms with Crippen molar-refractivity contribution in [3.63, 3.8) is 0 Å². The van der Waals surface area contributed by atoms with Gasteiger partial charge in [0.2, 0.25) is 5.78 Å². The van der Waals surface area contributed by atoms with E-state index in [0.29, 0.717) is 0 Å². The fourth-order valence-corrected chi connectivity index (χ4v) is 0.418. The third-order valence-electron chi connectivity index (χ3n) is 1.03. The number of carbonyl (C=O) groups excluding carboxylic acids is 1. The second-order valence-corrected chi connectivity index (χ2v) is 1.86. The van der Waals surface area contributed by atoms with E-state index in [1.54, 1.807) is 0 Å². The maximum absolute atomic E-state index is 12.2. The van der Waals surface area contributed by atoms with Crippen molar-refractivity contribution in [1.82, 2.24) is 0 Å². The minimum absolute atomic E-state index is 0. The zero-order valence-corrected chi connectivity index (χ0v) is 9.10. The van der Waals surface area contributed by atoms with Gasteiger partial charge in [0, 0.05) is 28.9 Å². The molecule has 2 nitrogen and oxygen atoms in total. The van der Waals surface area contributed by atoms with Crippen molar-refractivity contribution >= 4 is 5.78 Å². The normalized spacial score (nSPS) is 15.2. The van der Waals surface area contributed by atoms with Gasteiger partial charge in [-0.3, -0.25) is 4.79 Å². The van der Waals surface area contributed by atoms with Crippen LogP contribution >= 0.6 is 0 Å². The van der Waals surface area contributed by atoms with Gasteiger partial charge in [0.15, 0.2) is 12.3 Å². The molecule has 1 radical (unpaired) electrons. The molecular weight excluding hydrogens is 347 g/mol. The number of alkyl halides is 4. The topological polar surface area (TPSA) is 43.1 Å². The SMILES string of the molecule is NCC(F)C(F)C(=O)C(F)F.[Ta]. The van der Waals surface area contributed by atoms with Gasteiger partial charge in [-0.2, -0.15) is 0 Å². The van der Waals surface area contributed by atoms with E-state index >= 15 is 0 Å². The van der Waals surface area contributed by atoms with Gasteiger partial charge < -0.3 is 5.73 Å². The molecule has 12 heavy (non-hydrogen) atoms. The molecule has 0 aromatic heterocycles. The van der Waals surface area contributed by atoms with Crippen molar-refractivity contribution in [3.05, 3.63) is 0 Å². The molecule has 71 valence electrons. The number of Topliss-reactive ketones (excluding diaryl/α,β-unsaturated/α-hetero) is 1. The fraction of sp³-hybridized carbons (Fsp3) is 0.800. The zero-order chi connectivity index (χ0) is 9.02. The van der Waals surface area contributed by atoms with Crippen LogP contribution in [0.2, 0.25) is 0 Å². The molecule has 0 bridgehead atoms. The third-order valence-corrected chi connectivity index (χ3v) is 1.03. The number of carbonyl (C=O) groups is 1. The van der Waals surface area contributed by atoms with Crippen molar-refractivity contribution in [2.45, 2.75) is 18.8 Å². The summed E-state index contributed by atoms with van der Waals surface area (Å²) in [6.45, 7) is -0.778. The average molecular weight is 354 g/mol. The number of hydrogen-bond donors (Lipinski definition) is 1. The predicted octanol–water partition coefficient (Wildman–Crippen LogP) is 0.453. The van der Waals surface area contributed by atoms with Crippen LogP contribution in [0.15, 0.2) is 0 Å². The van der Waals surface area contributed by atoms with E-state index in [2.05, 4.69) is 5.73 Å². The minimum atomic E-state index is -3.48. The molecule has 0 spiro atoms. The van der Waals surface area contributed by atoms with Crippen LogP contribution in [0.5, 0.6) is 0 Å². The zero-order valence-electron chi connectivity index (χ0n) is 5.88. The number of rotatable bonds is 4. The molecule has 0 aliphatic heterocycles. The van der Waals surface area contributed by atoms with Crippen molar-refractivity contribution in [1.29, 1.82) is 0 Å². The summed E-state index contributed by atoms with van der Waals surface area (Å²) >= 11 is 0. The molecule has 2 N–H and O–H groups in total. The number of nitrogens with two attached hydrogens (primary N) is 1. The molecule has 0 aromatic rings. The van der Waals surface area contributed by atoms with Crippen molar-refractivity contribution in [2.75, 3.05) is 6.54 Å². The van der Waals surface area contributed by atoms with Crippen LogP contribution in [0.1, 0.15) is 0 Å². The van der Waals surface area contributed by atoms with E-state index in [1.807, 2.05) is 0 Å². The second kappa shape index (κ2) is 6.59. The first-order chi connectivity index (χ1) is 5.00. The maximum Gasteiger partial charge on any atom is 0.299 e. The summed E-state index contributed by atoms with van der Waals surface area (Å²) in [6.07, 6.45) is -8.62. The van der Waals surface area contributed by atoms with Gasteiger partial charge in [-0.25, -0.2) is 17.6 Å². The maximum atomic E-state index is 12.2. The Morgan fingerprint density at radius 1 is 1.25 bits per heavy atom. The van der Waals surface area contributed by atoms with Gasteiger partial charge in [0.05, 0.1) is 0 Å². The molecule has 2 atom stereocenters. The first kappa shape index (κ1) is 14.6. The molecule has 0 fully saturated rings. The molecule has 0 aromatic carbocycles. The quantitative estimate of drug-likeness (QED) is 0.746. The van der Waals surface area contributed by atoms with Crippen LogP contribution in [-0.2, 0) is 27.2 Å². The van der Waals surface area contributed by atoms with E-state index in [1.165, 1.54) is 0 Å². The van der Waals surface area contributed by atoms with Crippen LogP contribution in [0.4, 0.5) is 17.6 Å². The van der Waals surface area contributed by atoms with Crippen LogP contribution < -0.4 is 5.73 Å². The van der Waals surface area contributed by atoms with E-state index in [9.17, 15) is 22.4 Å². The average Bonchev–Trinajstić information content (AvgIpc) is 2.00. The molecule has 7 heteroatoms. The molecular formula is C5H7F4NOTa. The van der Waals surface area contributed by atoms with Crippen molar-refractivity contribution in [3.8, 4) is 0 Å². The Labute approximate surface area is 82.0 Å². The molecule has 2 unspecified atom stereocenters. The predicted molar refractivity (Wildman–Crippen MR) is 29.9 cm³/mol. The second-order valence-electron chi connectivity index (χ2n) is 1.86. The summed E-state index contributed by atoms with van der Waals surface area (Å²) in [5.41, 5.74) is 4.60. The summed E-state index contributed by atoms with van der Waals surface area (Å²) in [5, 5.41) is 0. The summed E-state index contributed by atoms with van der Waals surface area (Å²) in [7, 11) is 0. The Morgan fingerprint density at radius 2 is 1.67 bits per heavy atom. The van der Waals surface area contributed by atoms with Crippen molar-refractivity contribution in [2.24, 2.45) is 5.73 Å². The molecule has 0 saturated carbocycles. The van der Waals surface area contributed by atoms with Crippen molar-refractivity contribution < 1.29 is 44.7 Å². The van der Waals surface area contributed by atoms with Crippen LogP contribution in [0, 0.1) is 0 Å². The van der Waals surface area contributed by atoms with Gasteiger partial charge in [0.1, 0.15) is 0 Å². The fourth-order valence-electron chi connectivity index (χ4n) is 0.418. The Balaban J connectivity index is 0. The minimum Gasteiger partial charge on any atom is -0.328 e. The standard InChI is InChI=1S/C5H7F4NO.Ta/c6-2(1-10)3(7)4(11)5(8)9;/h2-3,5H,1,10H2;. The number of ketones is 1. The van der Waals surface area contributed by atoms with Gasteiger partial charge in [-0.15, -0.1) is 0 Å². The van der Waals surface area contributed by atoms with Crippen LogP contribution in [-0.4, -0.2) is 31.1 Å². The molecule has 0 rings (SSSR count). The van der Waals surface area contributed by atoms with E-state index in [-0.39, 0.29) is 22.4 Å². The Kier molecular flexibility index (Phi) is 8.02. The Hall–Kier alpha value is 0.0903. The Morgan fingerprint density at radius 3 is 1.92 bits per heavy atom. The van der Waals surface area contributed by atoms with Gasteiger partial charge in [0.25, 0.3) is 6.43 Å². The molecule has 0 heterocycles. The molecule has 0 saturated heterocycles. The Bertz CT molecular complexity index is 145. The summed E-state index contributed by atoms with van der Waals surface area (Å²) in [5.74, 6) is -2.05. The summed E-state index contributed by atoms with van der Waals surface area (Å²) in [6, 6.07) is 0. The van der Waals surface area contributed by atoms with E-state index < -0.39 is 31.1 Å². The van der Waals surface area contributed by atoms with Crippen LogP contribution in [0.25, 0.3) is 0 Å².